The van der Waals surface area contributed by atoms with Crippen LogP contribution in [0, 0.1) is 13.8 Å². The second-order valence-electron chi connectivity index (χ2n) is 9.24. The quantitative estimate of drug-likeness (QED) is 0.349. The highest BCUT2D eigenvalue weighted by Crippen LogP contribution is 2.41. The van der Waals surface area contributed by atoms with Crippen LogP contribution in [0.4, 0.5) is 5.82 Å². The third-order valence-electron chi connectivity index (χ3n) is 6.76. The number of hydrogen-bond acceptors (Lipinski definition) is 5. The van der Waals surface area contributed by atoms with Crippen LogP contribution in [0.25, 0.3) is 16.8 Å². The number of halogens is 1. The minimum absolute atomic E-state index is 0.495. The Kier molecular flexibility index (Phi) is 5.23. The van der Waals surface area contributed by atoms with Crippen LogP contribution in [-0.4, -0.2) is 27.7 Å². The van der Waals surface area contributed by atoms with Gasteiger partial charge >= 0.3 is 0 Å². The first-order chi connectivity index (χ1) is 16.5. The van der Waals surface area contributed by atoms with Crippen LogP contribution in [0.2, 0.25) is 5.02 Å². The minimum Gasteiger partial charge on any atom is -0.497 e. The largest absolute Gasteiger partial charge is 0.497 e. The normalized spacial score (nSPS) is 15.1. The summed E-state index contributed by atoms with van der Waals surface area (Å²) in [4.78, 5) is 7.54. The van der Waals surface area contributed by atoms with E-state index in [0.29, 0.717) is 24.3 Å². The Morgan fingerprint density at radius 3 is 2.62 bits per heavy atom. The number of ether oxygens (including phenoxy) is 2. The molecule has 0 saturated heterocycles. The van der Waals surface area contributed by atoms with E-state index in [4.69, 9.17) is 31.2 Å². The van der Waals surface area contributed by atoms with E-state index in [9.17, 15) is 0 Å². The maximum absolute atomic E-state index is 6.69. The van der Waals surface area contributed by atoms with Gasteiger partial charge in [0.1, 0.15) is 11.6 Å². The summed E-state index contributed by atoms with van der Waals surface area (Å²) in [5, 5.41) is 5.63. The lowest BCUT2D eigenvalue weighted by atomic mass is 10.1. The Morgan fingerprint density at radius 2 is 1.91 bits per heavy atom. The molecule has 7 heteroatoms. The second kappa shape index (κ2) is 8.29. The molecule has 1 saturated carbocycles. The minimum atomic E-state index is 0.495. The number of fused-ring (bicyclic) bond motifs is 2. The van der Waals surface area contributed by atoms with Gasteiger partial charge in [0.05, 0.1) is 42.3 Å². The molecular formula is C27H27ClN4O2. The molecule has 4 aromatic rings. The molecule has 3 heterocycles. The van der Waals surface area contributed by atoms with Gasteiger partial charge in [-0.15, -0.1) is 0 Å². The summed E-state index contributed by atoms with van der Waals surface area (Å²) >= 11 is 6.69. The van der Waals surface area contributed by atoms with Crippen molar-refractivity contribution in [3.8, 4) is 16.9 Å². The van der Waals surface area contributed by atoms with Crippen LogP contribution in [0.5, 0.6) is 5.75 Å². The molecule has 0 spiro atoms. The predicted octanol–water partition coefficient (Wildman–Crippen LogP) is 5.87. The molecule has 6 nitrogen and oxygen atoms in total. The fourth-order valence-electron chi connectivity index (χ4n) is 4.82. The van der Waals surface area contributed by atoms with E-state index in [1.165, 1.54) is 24.0 Å². The van der Waals surface area contributed by atoms with Crippen molar-refractivity contribution >= 4 is 23.1 Å². The number of nitrogens with zero attached hydrogens (tertiary/aromatic N) is 4. The molecule has 6 rings (SSSR count). The number of aromatic nitrogens is 3. The second-order valence-corrected chi connectivity index (χ2v) is 9.65. The number of aryl methyl sites for hydroxylation is 2. The molecule has 34 heavy (non-hydrogen) atoms. The van der Waals surface area contributed by atoms with E-state index < -0.39 is 0 Å². The van der Waals surface area contributed by atoms with Crippen molar-refractivity contribution in [3.05, 3.63) is 75.6 Å². The first-order valence-electron chi connectivity index (χ1n) is 11.7. The number of hydrogen-bond donors (Lipinski definition) is 0. The molecule has 2 aliphatic rings. The van der Waals surface area contributed by atoms with Gasteiger partial charge in [-0.1, -0.05) is 41.4 Å². The highest BCUT2D eigenvalue weighted by Gasteiger charge is 2.35. The summed E-state index contributed by atoms with van der Waals surface area (Å²) in [6.07, 6.45) is 2.37. The van der Waals surface area contributed by atoms with E-state index in [2.05, 4.69) is 36.1 Å². The Morgan fingerprint density at radius 1 is 1.12 bits per heavy atom. The Balaban J connectivity index is 1.54. The van der Waals surface area contributed by atoms with E-state index in [0.717, 1.165) is 51.8 Å². The molecule has 0 amide bonds. The van der Waals surface area contributed by atoms with Crippen molar-refractivity contribution in [3.63, 3.8) is 0 Å². The summed E-state index contributed by atoms with van der Waals surface area (Å²) < 4.78 is 13.2. The van der Waals surface area contributed by atoms with Crippen molar-refractivity contribution in [2.45, 2.75) is 52.5 Å². The Bertz CT molecular complexity index is 1390. The average molecular weight is 475 g/mol. The van der Waals surface area contributed by atoms with Gasteiger partial charge in [0.25, 0.3) is 0 Å². The topological polar surface area (TPSA) is 51.9 Å². The van der Waals surface area contributed by atoms with Gasteiger partial charge in [-0.05, 0) is 50.5 Å². The van der Waals surface area contributed by atoms with Crippen molar-refractivity contribution in [2.75, 3.05) is 12.0 Å². The summed E-state index contributed by atoms with van der Waals surface area (Å²) in [5.74, 6) is 1.82. The van der Waals surface area contributed by atoms with E-state index in [1.807, 2.05) is 29.6 Å². The highest BCUT2D eigenvalue weighted by atomic mass is 35.5. The Labute approximate surface area is 204 Å². The van der Waals surface area contributed by atoms with E-state index in [1.54, 1.807) is 7.11 Å². The van der Waals surface area contributed by atoms with E-state index in [-0.39, 0.29) is 0 Å². The lowest BCUT2D eigenvalue weighted by molar-refractivity contribution is 0.133. The van der Waals surface area contributed by atoms with Crippen molar-refractivity contribution < 1.29 is 9.47 Å². The summed E-state index contributed by atoms with van der Waals surface area (Å²) in [5.41, 5.74) is 8.26. The summed E-state index contributed by atoms with van der Waals surface area (Å²) in [6, 6.07) is 15.0. The van der Waals surface area contributed by atoms with Gasteiger partial charge in [-0.3, -0.25) is 0 Å². The van der Waals surface area contributed by atoms with Gasteiger partial charge in [0, 0.05) is 23.7 Å². The third-order valence-corrected chi connectivity index (χ3v) is 7.07. The molecule has 174 valence electrons. The first kappa shape index (κ1) is 21.4. The van der Waals surface area contributed by atoms with Crippen LogP contribution in [0.15, 0.2) is 42.5 Å². The van der Waals surface area contributed by atoms with Crippen molar-refractivity contribution in [1.82, 2.24) is 14.6 Å². The predicted molar refractivity (Wildman–Crippen MR) is 134 cm³/mol. The van der Waals surface area contributed by atoms with Crippen LogP contribution < -0.4 is 9.64 Å². The Hall–Kier alpha value is -3.09. The zero-order valence-corrected chi connectivity index (χ0v) is 20.4. The SMILES string of the molecule is COc1ccc(-c2c(C)nn3c(N(Cc4ccc(C)cc4)C4CC4)c4c(nc23)COC4)c(Cl)c1. The zero-order valence-electron chi connectivity index (χ0n) is 19.6. The van der Waals surface area contributed by atoms with Crippen LogP contribution in [0.3, 0.4) is 0 Å². The molecule has 0 atom stereocenters. The molecule has 0 radical (unpaired) electrons. The molecule has 0 unspecified atom stereocenters. The fraction of sp³-hybridized carbons (Fsp3) is 0.333. The standard InChI is InChI=1S/C27H27ClN4O2/c1-16-4-6-18(7-5-16)13-31(19-8-9-19)27-22-14-34-15-24(22)29-26-25(17(2)30-32(26)27)21-11-10-20(33-3)12-23(21)28/h4-7,10-12,19H,8-9,13-15H2,1-3H3. The molecule has 0 N–H and O–H groups in total. The maximum atomic E-state index is 6.69. The molecule has 1 aliphatic heterocycles. The zero-order chi connectivity index (χ0) is 23.4. The highest BCUT2D eigenvalue weighted by molar-refractivity contribution is 6.33. The molecular weight excluding hydrogens is 448 g/mol. The molecule has 0 bridgehead atoms. The first-order valence-corrected chi connectivity index (χ1v) is 12.1. The van der Waals surface area contributed by atoms with Crippen molar-refractivity contribution in [2.24, 2.45) is 0 Å². The van der Waals surface area contributed by atoms with Crippen LogP contribution in [-0.2, 0) is 24.5 Å². The molecule has 1 fully saturated rings. The number of benzene rings is 2. The van der Waals surface area contributed by atoms with Crippen LogP contribution >= 0.6 is 11.6 Å². The maximum Gasteiger partial charge on any atom is 0.165 e. The fourth-order valence-corrected chi connectivity index (χ4v) is 5.09. The number of anilines is 1. The monoisotopic (exact) mass is 474 g/mol. The lowest BCUT2D eigenvalue weighted by Crippen LogP contribution is -2.29. The van der Waals surface area contributed by atoms with Crippen LogP contribution in [0.1, 0.15) is 40.9 Å². The average Bonchev–Trinajstić information content (AvgIpc) is 3.48. The van der Waals surface area contributed by atoms with E-state index >= 15 is 0 Å². The van der Waals surface area contributed by atoms with Gasteiger partial charge in [-0.25, -0.2) is 4.98 Å². The molecule has 1 aliphatic carbocycles. The number of rotatable bonds is 6. The van der Waals surface area contributed by atoms with Gasteiger partial charge in [0.2, 0.25) is 0 Å². The number of methoxy groups -OCH3 is 1. The smallest absolute Gasteiger partial charge is 0.165 e. The summed E-state index contributed by atoms with van der Waals surface area (Å²) in [7, 11) is 1.64. The molecule has 2 aromatic heterocycles. The summed E-state index contributed by atoms with van der Waals surface area (Å²) in [6.45, 7) is 6.05. The lowest BCUT2D eigenvalue weighted by Gasteiger charge is -2.27. The third kappa shape index (κ3) is 3.62. The van der Waals surface area contributed by atoms with Gasteiger partial charge in [-0.2, -0.15) is 9.61 Å². The van der Waals surface area contributed by atoms with Gasteiger partial charge < -0.3 is 14.4 Å². The van der Waals surface area contributed by atoms with Gasteiger partial charge in [0.15, 0.2) is 5.65 Å². The van der Waals surface area contributed by atoms with Crippen molar-refractivity contribution in [1.29, 1.82) is 0 Å². The molecule has 2 aromatic carbocycles.